The van der Waals surface area contributed by atoms with Crippen LogP contribution >= 0.6 is 0 Å². The fourth-order valence-corrected chi connectivity index (χ4v) is 2.39. The van der Waals surface area contributed by atoms with E-state index in [9.17, 15) is 27.2 Å². The zero-order chi connectivity index (χ0) is 20.2. The highest BCUT2D eigenvalue weighted by molar-refractivity contribution is 6.01. The molecule has 0 bridgehead atoms. The van der Waals surface area contributed by atoms with Gasteiger partial charge in [-0.3, -0.25) is 9.59 Å². The van der Waals surface area contributed by atoms with Crippen LogP contribution in [-0.4, -0.2) is 17.9 Å². The summed E-state index contributed by atoms with van der Waals surface area (Å²) in [5.41, 5.74) is -1.19. The van der Waals surface area contributed by atoms with Gasteiger partial charge >= 0.3 is 6.18 Å². The number of benzene rings is 2. The third-order valence-corrected chi connectivity index (χ3v) is 3.81. The summed E-state index contributed by atoms with van der Waals surface area (Å²) in [5.74, 6) is -2.61. The van der Waals surface area contributed by atoms with Crippen molar-refractivity contribution in [3.63, 3.8) is 0 Å². The van der Waals surface area contributed by atoms with Crippen LogP contribution in [0.5, 0.6) is 0 Å². The van der Waals surface area contributed by atoms with Crippen LogP contribution in [0.3, 0.4) is 0 Å². The number of rotatable bonds is 5. The average molecular weight is 382 g/mol. The van der Waals surface area contributed by atoms with Crippen LogP contribution in [0.1, 0.15) is 29.8 Å². The first kappa shape index (κ1) is 20.4. The normalized spacial score (nSPS) is 12.6. The van der Waals surface area contributed by atoms with E-state index in [0.717, 1.165) is 18.2 Å². The van der Waals surface area contributed by atoms with Crippen LogP contribution in [0.4, 0.5) is 23.2 Å². The van der Waals surface area contributed by atoms with Crippen molar-refractivity contribution >= 4 is 17.5 Å². The standard InChI is InChI=1S/C19H18F4N2O2/c1-11(2)16(25-17(26)14-8-3-4-9-15(14)20)18(27)24-13-7-5-6-12(10-13)19(21,22)23/h3-11,16H,1-2H3,(H,24,27)(H,25,26)/t16-/m1/s1. The first-order chi connectivity index (χ1) is 12.6. The second-order valence-corrected chi connectivity index (χ2v) is 6.24. The van der Waals surface area contributed by atoms with Gasteiger partial charge in [-0.15, -0.1) is 0 Å². The lowest BCUT2D eigenvalue weighted by molar-refractivity contribution is -0.137. The Hall–Kier alpha value is -2.90. The lowest BCUT2D eigenvalue weighted by Crippen LogP contribution is -2.47. The van der Waals surface area contributed by atoms with E-state index in [2.05, 4.69) is 10.6 Å². The molecule has 2 aromatic rings. The molecule has 0 fully saturated rings. The molecule has 0 aliphatic carbocycles. The molecule has 0 saturated carbocycles. The van der Waals surface area contributed by atoms with Gasteiger partial charge in [0, 0.05) is 5.69 Å². The Labute approximate surface area is 153 Å². The highest BCUT2D eigenvalue weighted by Crippen LogP contribution is 2.30. The van der Waals surface area contributed by atoms with Crippen molar-refractivity contribution in [1.82, 2.24) is 5.32 Å². The van der Waals surface area contributed by atoms with Gasteiger partial charge < -0.3 is 10.6 Å². The van der Waals surface area contributed by atoms with Crippen molar-refractivity contribution in [2.45, 2.75) is 26.1 Å². The number of nitrogens with one attached hydrogen (secondary N) is 2. The average Bonchev–Trinajstić information content (AvgIpc) is 2.59. The van der Waals surface area contributed by atoms with E-state index in [1.807, 2.05) is 0 Å². The van der Waals surface area contributed by atoms with Crippen LogP contribution in [0.25, 0.3) is 0 Å². The smallest absolute Gasteiger partial charge is 0.340 e. The molecule has 4 nitrogen and oxygen atoms in total. The summed E-state index contributed by atoms with van der Waals surface area (Å²) in [6.45, 7) is 3.30. The van der Waals surface area contributed by atoms with Crippen molar-refractivity contribution < 1.29 is 27.2 Å². The summed E-state index contributed by atoms with van der Waals surface area (Å²) < 4.78 is 52.1. The molecule has 27 heavy (non-hydrogen) atoms. The molecule has 8 heteroatoms. The maximum Gasteiger partial charge on any atom is 0.416 e. The summed E-state index contributed by atoms with van der Waals surface area (Å²) in [6, 6.07) is 8.38. The van der Waals surface area contributed by atoms with Gasteiger partial charge in [-0.25, -0.2) is 4.39 Å². The molecule has 0 spiro atoms. The molecule has 0 heterocycles. The SMILES string of the molecule is CC(C)[C@@H](NC(=O)c1ccccc1F)C(=O)Nc1cccc(C(F)(F)F)c1. The minimum absolute atomic E-state index is 0.0550. The molecule has 0 aliphatic heterocycles. The van der Waals surface area contributed by atoms with Gasteiger partial charge in [-0.1, -0.05) is 32.0 Å². The molecule has 2 aromatic carbocycles. The summed E-state index contributed by atoms with van der Waals surface area (Å²) in [5, 5.41) is 4.79. The van der Waals surface area contributed by atoms with E-state index < -0.39 is 35.4 Å². The Morgan fingerprint density at radius 1 is 1.00 bits per heavy atom. The number of carbonyl (C=O) groups excluding carboxylic acids is 2. The molecule has 0 aliphatic rings. The summed E-state index contributed by atoms with van der Waals surface area (Å²) in [4.78, 5) is 24.7. The molecular formula is C19H18F4N2O2. The molecule has 144 valence electrons. The Kier molecular flexibility index (Phi) is 6.20. The Morgan fingerprint density at radius 3 is 2.26 bits per heavy atom. The second kappa shape index (κ2) is 8.20. The zero-order valence-electron chi connectivity index (χ0n) is 14.6. The number of amides is 2. The summed E-state index contributed by atoms with van der Waals surface area (Å²) in [7, 11) is 0. The van der Waals surface area contributed by atoms with Gasteiger partial charge in [0.25, 0.3) is 5.91 Å². The van der Waals surface area contributed by atoms with E-state index in [4.69, 9.17) is 0 Å². The quantitative estimate of drug-likeness (QED) is 0.760. The van der Waals surface area contributed by atoms with Gasteiger partial charge in [0.15, 0.2) is 0 Å². The topological polar surface area (TPSA) is 58.2 Å². The summed E-state index contributed by atoms with van der Waals surface area (Å²) >= 11 is 0. The van der Waals surface area contributed by atoms with Crippen molar-refractivity contribution in [2.24, 2.45) is 5.92 Å². The number of halogens is 4. The molecule has 0 saturated heterocycles. The number of carbonyl (C=O) groups is 2. The van der Waals surface area contributed by atoms with Crippen molar-refractivity contribution in [3.8, 4) is 0 Å². The maximum atomic E-state index is 13.7. The Morgan fingerprint density at radius 2 is 1.67 bits per heavy atom. The first-order valence-corrected chi connectivity index (χ1v) is 8.13. The van der Waals surface area contributed by atoms with Gasteiger partial charge in [0.05, 0.1) is 11.1 Å². The lowest BCUT2D eigenvalue weighted by Gasteiger charge is -2.22. The third-order valence-electron chi connectivity index (χ3n) is 3.81. The van der Waals surface area contributed by atoms with Gasteiger partial charge in [0.2, 0.25) is 5.91 Å². The first-order valence-electron chi connectivity index (χ1n) is 8.13. The maximum absolute atomic E-state index is 13.7. The highest BCUT2D eigenvalue weighted by atomic mass is 19.4. The number of hydrogen-bond donors (Lipinski definition) is 2. The second-order valence-electron chi connectivity index (χ2n) is 6.24. The van der Waals surface area contributed by atoms with Crippen LogP contribution in [0.15, 0.2) is 48.5 Å². The predicted octanol–water partition coefficient (Wildman–Crippen LogP) is 4.24. The number of anilines is 1. The molecule has 1 atom stereocenters. The molecule has 2 amide bonds. The Bertz CT molecular complexity index is 834. The molecule has 0 unspecified atom stereocenters. The van der Waals surface area contributed by atoms with Crippen molar-refractivity contribution in [3.05, 3.63) is 65.5 Å². The van der Waals surface area contributed by atoms with Crippen molar-refractivity contribution in [2.75, 3.05) is 5.32 Å². The number of alkyl halides is 3. The van der Waals surface area contributed by atoms with E-state index in [0.29, 0.717) is 0 Å². The van der Waals surface area contributed by atoms with Crippen molar-refractivity contribution in [1.29, 1.82) is 0 Å². The van der Waals surface area contributed by atoms with E-state index in [-0.39, 0.29) is 17.2 Å². The fraction of sp³-hybridized carbons (Fsp3) is 0.263. The molecule has 0 radical (unpaired) electrons. The monoisotopic (exact) mass is 382 g/mol. The van der Waals surface area contributed by atoms with Crippen LogP contribution in [-0.2, 0) is 11.0 Å². The van der Waals surface area contributed by atoms with Gasteiger partial charge in [-0.2, -0.15) is 13.2 Å². The molecule has 2 rings (SSSR count). The largest absolute Gasteiger partial charge is 0.416 e. The molecular weight excluding hydrogens is 364 g/mol. The molecule has 2 N–H and O–H groups in total. The van der Waals surface area contributed by atoms with Crippen LogP contribution in [0, 0.1) is 11.7 Å². The van der Waals surface area contributed by atoms with Gasteiger partial charge in [0.1, 0.15) is 11.9 Å². The van der Waals surface area contributed by atoms with Crippen LogP contribution < -0.4 is 10.6 Å². The third kappa shape index (κ3) is 5.29. The zero-order valence-corrected chi connectivity index (χ0v) is 14.6. The highest BCUT2D eigenvalue weighted by Gasteiger charge is 2.31. The van der Waals surface area contributed by atoms with Crippen LogP contribution in [0.2, 0.25) is 0 Å². The fourth-order valence-electron chi connectivity index (χ4n) is 2.39. The predicted molar refractivity (Wildman–Crippen MR) is 92.6 cm³/mol. The minimum Gasteiger partial charge on any atom is -0.340 e. The summed E-state index contributed by atoms with van der Waals surface area (Å²) in [6.07, 6.45) is -4.54. The van der Waals surface area contributed by atoms with E-state index in [1.54, 1.807) is 13.8 Å². The molecule has 0 aromatic heterocycles. The lowest BCUT2D eigenvalue weighted by atomic mass is 10.0. The number of hydrogen-bond acceptors (Lipinski definition) is 2. The Balaban J connectivity index is 2.16. The van der Waals surface area contributed by atoms with Gasteiger partial charge in [-0.05, 0) is 36.2 Å². The van der Waals surface area contributed by atoms with E-state index >= 15 is 0 Å². The van der Waals surface area contributed by atoms with E-state index in [1.165, 1.54) is 30.3 Å². The minimum atomic E-state index is -4.54.